The zero-order valence-corrected chi connectivity index (χ0v) is 19.0. The highest BCUT2D eigenvalue weighted by molar-refractivity contribution is 5.92. The van der Waals surface area contributed by atoms with Crippen LogP contribution in [-0.4, -0.2) is 22.1 Å². The van der Waals surface area contributed by atoms with Crippen LogP contribution in [0.5, 0.6) is 5.75 Å². The number of carboxylic acid groups (broad SMARTS) is 1. The van der Waals surface area contributed by atoms with Crippen molar-refractivity contribution in [3.63, 3.8) is 0 Å². The maximum atomic E-state index is 12.4. The van der Waals surface area contributed by atoms with Gasteiger partial charge in [-0.15, -0.1) is 0 Å². The van der Waals surface area contributed by atoms with Gasteiger partial charge in [0.25, 0.3) is 0 Å². The van der Waals surface area contributed by atoms with Crippen molar-refractivity contribution < 1.29 is 19.8 Å². The van der Waals surface area contributed by atoms with Crippen molar-refractivity contribution in [2.75, 3.05) is 5.32 Å². The Kier molecular flexibility index (Phi) is 9.18. The lowest BCUT2D eigenvalue weighted by atomic mass is 9.79. The molecule has 0 fully saturated rings. The van der Waals surface area contributed by atoms with Crippen LogP contribution < -0.4 is 5.32 Å². The summed E-state index contributed by atoms with van der Waals surface area (Å²) in [6.45, 7) is 12.5. The van der Waals surface area contributed by atoms with Crippen molar-refractivity contribution in [3.05, 3.63) is 23.3 Å². The van der Waals surface area contributed by atoms with E-state index in [1.807, 2.05) is 12.1 Å². The first-order valence-corrected chi connectivity index (χ1v) is 10.7. The molecule has 5 heteroatoms. The highest BCUT2D eigenvalue weighted by Crippen LogP contribution is 2.40. The number of anilines is 1. The van der Waals surface area contributed by atoms with Crippen LogP contribution in [-0.2, 0) is 20.4 Å². The van der Waals surface area contributed by atoms with Crippen molar-refractivity contribution in [1.29, 1.82) is 0 Å². The standard InChI is InChI=1S/C24H39NO4/c1-23(2,3)17-15-18(24(4,5)6)22(29)19(16-17)25-20(26)13-11-9-7-8-10-12-14-21(27)28/h15-16,29H,7-14H2,1-6H3,(H,25,26)(H,27,28). The number of phenolic OH excluding ortho intramolecular Hbond substituents is 1. The van der Waals surface area contributed by atoms with Gasteiger partial charge in [0.05, 0.1) is 5.69 Å². The summed E-state index contributed by atoms with van der Waals surface area (Å²) in [6.07, 6.45) is 6.02. The second-order valence-electron chi connectivity index (χ2n) is 9.98. The number of phenols is 1. The van der Waals surface area contributed by atoms with Crippen LogP contribution in [0.1, 0.15) is 104 Å². The molecule has 0 bridgehead atoms. The molecule has 0 aliphatic carbocycles. The van der Waals surface area contributed by atoms with E-state index in [0.29, 0.717) is 12.1 Å². The summed E-state index contributed by atoms with van der Waals surface area (Å²) in [6, 6.07) is 3.92. The molecule has 0 aliphatic heterocycles. The van der Waals surface area contributed by atoms with E-state index in [-0.39, 0.29) is 28.9 Å². The molecule has 1 aromatic rings. The fourth-order valence-electron chi connectivity index (χ4n) is 3.22. The molecule has 0 aliphatic rings. The number of unbranched alkanes of at least 4 members (excludes halogenated alkanes) is 5. The molecule has 0 spiro atoms. The quantitative estimate of drug-likeness (QED) is 0.323. The maximum Gasteiger partial charge on any atom is 0.303 e. The van der Waals surface area contributed by atoms with E-state index >= 15 is 0 Å². The van der Waals surface area contributed by atoms with Crippen molar-refractivity contribution in [3.8, 4) is 5.75 Å². The average molecular weight is 406 g/mol. The zero-order chi connectivity index (χ0) is 22.2. The minimum absolute atomic E-state index is 0.0860. The topological polar surface area (TPSA) is 86.6 Å². The number of rotatable bonds is 10. The van der Waals surface area contributed by atoms with Crippen molar-refractivity contribution in [2.24, 2.45) is 0 Å². The van der Waals surface area contributed by atoms with Gasteiger partial charge in [0, 0.05) is 18.4 Å². The minimum atomic E-state index is -0.741. The number of hydrogen-bond acceptors (Lipinski definition) is 3. The third-order valence-corrected chi connectivity index (χ3v) is 5.10. The maximum absolute atomic E-state index is 12.4. The van der Waals surface area contributed by atoms with Gasteiger partial charge in [-0.25, -0.2) is 0 Å². The number of carbonyl (C=O) groups excluding carboxylic acids is 1. The second-order valence-corrected chi connectivity index (χ2v) is 9.98. The number of benzene rings is 1. The molecule has 3 N–H and O–H groups in total. The van der Waals surface area contributed by atoms with E-state index in [2.05, 4.69) is 46.9 Å². The monoisotopic (exact) mass is 405 g/mol. The van der Waals surface area contributed by atoms with Crippen molar-refractivity contribution in [2.45, 2.75) is 104 Å². The summed E-state index contributed by atoms with van der Waals surface area (Å²) >= 11 is 0. The largest absolute Gasteiger partial charge is 0.505 e. The number of amides is 1. The lowest BCUT2D eigenvalue weighted by molar-refractivity contribution is -0.137. The first-order chi connectivity index (χ1) is 13.3. The first kappa shape index (κ1) is 25.0. The molecule has 0 saturated carbocycles. The molecule has 5 nitrogen and oxygen atoms in total. The molecule has 0 aromatic heterocycles. The Balaban J connectivity index is 2.63. The van der Waals surface area contributed by atoms with Crippen LogP contribution in [0.2, 0.25) is 0 Å². The summed E-state index contributed by atoms with van der Waals surface area (Å²) in [5.41, 5.74) is 2.08. The zero-order valence-electron chi connectivity index (χ0n) is 19.0. The van der Waals surface area contributed by atoms with Gasteiger partial charge in [0.15, 0.2) is 0 Å². The number of carboxylic acids is 1. The molecular formula is C24H39NO4. The molecule has 0 atom stereocenters. The predicted molar refractivity (Wildman–Crippen MR) is 119 cm³/mol. The van der Waals surface area contributed by atoms with Gasteiger partial charge in [-0.1, -0.05) is 73.3 Å². The van der Waals surface area contributed by atoms with Crippen molar-refractivity contribution >= 4 is 17.6 Å². The Hall–Kier alpha value is -2.04. The number of hydrogen-bond donors (Lipinski definition) is 3. The second kappa shape index (κ2) is 10.7. The molecule has 0 radical (unpaired) electrons. The molecule has 1 amide bonds. The normalized spacial score (nSPS) is 12.1. The highest BCUT2D eigenvalue weighted by atomic mass is 16.4. The number of aromatic hydroxyl groups is 1. The molecule has 29 heavy (non-hydrogen) atoms. The van der Waals surface area contributed by atoms with Crippen LogP contribution >= 0.6 is 0 Å². The van der Waals surface area contributed by atoms with Gasteiger partial charge >= 0.3 is 5.97 Å². The van der Waals surface area contributed by atoms with E-state index in [9.17, 15) is 14.7 Å². The predicted octanol–water partition coefficient (Wildman–Crippen LogP) is 6.13. The van der Waals surface area contributed by atoms with Crippen LogP contribution in [0.25, 0.3) is 0 Å². The fraction of sp³-hybridized carbons (Fsp3) is 0.667. The summed E-state index contributed by atoms with van der Waals surface area (Å²) in [7, 11) is 0. The Morgan fingerprint density at radius 3 is 1.83 bits per heavy atom. The smallest absolute Gasteiger partial charge is 0.303 e. The lowest BCUT2D eigenvalue weighted by Gasteiger charge is -2.27. The lowest BCUT2D eigenvalue weighted by Crippen LogP contribution is -2.19. The van der Waals surface area contributed by atoms with Crippen LogP contribution in [0, 0.1) is 0 Å². The summed E-state index contributed by atoms with van der Waals surface area (Å²) in [4.78, 5) is 22.9. The molecule has 0 unspecified atom stereocenters. The first-order valence-electron chi connectivity index (χ1n) is 10.7. The number of aliphatic carboxylic acids is 1. The highest BCUT2D eigenvalue weighted by Gasteiger charge is 2.25. The Morgan fingerprint density at radius 2 is 1.34 bits per heavy atom. The third-order valence-electron chi connectivity index (χ3n) is 5.10. The van der Waals surface area contributed by atoms with Gasteiger partial charge in [-0.2, -0.15) is 0 Å². The molecule has 0 saturated heterocycles. The third kappa shape index (κ3) is 8.88. The van der Waals surface area contributed by atoms with E-state index in [0.717, 1.165) is 49.7 Å². The Morgan fingerprint density at radius 1 is 0.828 bits per heavy atom. The van der Waals surface area contributed by atoms with E-state index in [4.69, 9.17) is 5.11 Å². The van der Waals surface area contributed by atoms with Gasteiger partial charge in [-0.05, 0) is 35.3 Å². The fourth-order valence-corrected chi connectivity index (χ4v) is 3.22. The molecule has 1 aromatic carbocycles. The minimum Gasteiger partial charge on any atom is -0.505 e. The van der Waals surface area contributed by atoms with Crippen molar-refractivity contribution in [1.82, 2.24) is 0 Å². The van der Waals surface area contributed by atoms with E-state index in [1.165, 1.54) is 0 Å². The summed E-state index contributed by atoms with van der Waals surface area (Å²) < 4.78 is 0. The molecule has 164 valence electrons. The molecule has 1 rings (SSSR count). The SMILES string of the molecule is CC(C)(C)c1cc(NC(=O)CCCCCCCCC(=O)O)c(O)c(C(C)(C)C)c1. The van der Waals surface area contributed by atoms with Gasteiger partial charge in [0.2, 0.25) is 5.91 Å². The summed E-state index contributed by atoms with van der Waals surface area (Å²) in [5, 5.41) is 22.3. The van der Waals surface area contributed by atoms with Crippen LogP contribution in [0.3, 0.4) is 0 Å². The van der Waals surface area contributed by atoms with Gasteiger partial charge in [-0.3, -0.25) is 9.59 Å². The molecule has 0 heterocycles. The van der Waals surface area contributed by atoms with Crippen LogP contribution in [0.15, 0.2) is 12.1 Å². The number of nitrogens with one attached hydrogen (secondary N) is 1. The summed E-state index contributed by atoms with van der Waals surface area (Å²) in [5.74, 6) is -0.676. The molecular weight excluding hydrogens is 366 g/mol. The van der Waals surface area contributed by atoms with E-state index < -0.39 is 5.97 Å². The Bertz CT molecular complexity index is 696. The Labute approximate surface area is 175 Å². The van der Waals surface area contributed by atoms with Gasteiger partial charge in [0.1, 0.15) is 5.75 Å². The van der Waals surface area contributed by atoms with E-state index in [1.54, 1.807) is 0 Å². The number of carbonyl (C=O) groups is 2. The average Bonchev–Trinajstić information content (AvgIpc) is 2.56. The van der Waals surface area contributed by atoms with Crippen LogP contribution in [0.4, 0.5) is 5.69 Å². The van der Waals surface area contributed by atoms with Gasteiger partial charge < -0.3 is 15.5 Å².